The van der Waals surface area contributed by atoms with E-state index >= 15 is 0 Å². The smallest absolute Gasteiger partial charge is 0.358 e. The number of nitrogens with one attached hydrogen (secondary N) is 1. The lowest BCUT2D eigenvalue weighted by Crippen LogP contribution is -2.38. The molecule has 0 fully saturated rings. The Balaban J connectivity index is 1.91. The maximum Gasteiger partial charge on any atom is 0.409 e. The molecule has 1 aliphatic rings. The average molecular weight is 433 g/mol. The van der Waals surface area contributed by atoms with Gasteiger partial charge in [0.1, 0.15) is 17.6 Å². The number of halogens is 3. The van der Waals surface area contributed by atoms with Crippen LogP contribution in [0.3, 0.4) is 0 Å². The van der Waals surface area contributed by atoms with Crippen molar-refractivity contribution in [2.75, 3.05) is 11.1 Å². The third kappa shape index (κ3) is 3.80. The van der Waals surface area contributed by atoms with Crippen molar-refractivity contribution in [3.05, 3.63) is 64.8 Å². The molecule has 4 nitrogen and oxygen atoms in total. The molecule has 0 radical (unpaired) electrons. The summed E-state index contributed by atoms with van der Waals surface area (Å²) >= 11 is 1.30. The summed E-state index contributed by atoms with van der Waals surface area (Å²) in [7, 11) is 1.67. The molecule has 2 unspecified atom stereocenters. The van der Waals surface area contributed by atoms with Gasteiger partial charge in [-0.15, -0.1) is 11.8 Å². The molecule has 4 rings (SSSR count). The van der Waals surface area contributed by atoms with Gasteiger partial charge in [-0.3, -0.25) is 9.67 Å². The zero-order chi connectivity index (χ0) is 21.5. The highest BCUT2D eigenvalue weighted by Crippen LogP contribution is 2.48. The Kier molecular flexibility index (Phi) is 5.53. The normalized spacial score (nSPS) is 19.1. The molecule has 2 atom stereocenters. The highest BCUT2D eigenvalue weighted by molar-refractivity contribution is 7.99. The Morgan fingerprint density at radius 2 is 2.03 bits per heavy atom. The van der Waals surface area contributed by atoms with Gasteiger partial charge in [-0.25, -0.2) is 0 Å². The van der Waals surface area contributed by atoms with Crippen LogP contribution in [-0.4, -0.2) is 32.7 Å². The van der Waals surface area contributed by atoms with Crippen molar-refractivity contribution in [3.63, 3.8) is 0 Å². The fourth-order valence-corrected chi connectivity index (χ4v) is 5.30. The van der Waals surface area contributed by atoms with Crippen molar-refractivity contribution in [1.82, 2.24) is 14.8 Å². The number of alkyl halides is 3. The molecule has 1 N–H and O–H groups in total. The largest absolute Gasteiger partial charge is 0.409 e. The molecule has 2 aromatic heterocycles. The van der Waals surface area contributed by atoms with Crippen LogP contribution < -0.4 is 5.32 Å². The zero-order valence-corrected chi connectivity index (χ0v) is 17.8. The molecule has 0 saturated carbocycles. The third-order valence-electron chi connectivity index (χ3n) is 5.41. The van der Waals surface area contributed by atoms with Crippen LogP contribution in [0.15, 0.2) is 42.6 Å². The number of aryl methyl sites for hydroxylation is 3. The lowest BCUT2D eigenvalue weighted by molar-refractivity contribution is -0.137. The Bertz CT molecular complexity index is 1050. The van der Waals surface area contributed by atoms with Crippen molar-refractivity contribution in [2.24, 2.45) is 7.05 Å². The summed E-state index contributed by atoms with van der Waals surface area (Å²) in [5.41, 5.74) is 5.29. The van der Waals surface area contributed by atoms with Gasteiger partial charge in [0.2, 0.25) is 0 Å². The van der Waals surface area contributed by atoms with E-state index in [1.54, 1.807) is 13.2 Å². The first-order chi connectivity index (χ1) is 14.3. The molecule has 0 spiro atoms. The van der Waals surface area contributed by atoms with Gasteiger partial charge >= 0.3 is 6.18 Å². The molecule has 3 heterocycles. The van der Waals surface area contributed by atoms with E-state index in [1.807, 2.05) is 31.2 Å². The van der Waals surface area contributed by atoms with Gasteiger partial charge in [0, 0.05) is 24.6 Å². The van der Waals surface area contributed by atoms with Crippen molar-refractivity contribution in [1.29, 1.82) is 0 Å². The second kappa shape index (κ2) is 7.98. The number of aromatic nitrogens is 3. The van der Waals surface area contributed by atoms with Gasteiger partial charge in [-0.2, -0.15) is 18.3 Å². The van der Waals surface area contributed by atoms with Crippen LogP contribution in [-0.2, 0) is 13.5 Å². The molecule has 0 saturated heterocycles. The molecule has 8 heteroatoms. The molecule has 30 heavy (non-hydrogen) atoms. The van der Waals surface area contributed by atoms with Crippen LogP contribution >= 0.6 is 11.8 Å². The predicted octanol–water partition coefficient (Wildman–Crippen LogP) is 5.53. The Morgan fingerprint density at radius 3 is 2.67 bits per heavy atom. The van der Waals surface area contributed by atoms with Crippen molar-refractivity contribution in [2.45, 2.75) is 37.7 Å². The summed E-state index contributed by atoms with van der Waals surface area (Å²) in [6.45, 7) is 4.11. The lowest BCUT2D eigenvalue weighted by Gasteiger charge is -2.21. The molecule has 3 aromatic rings. The number of pyridine rings is 1. The Morgan fingerprint density at radius 1 is 1.23 bits per heavy atom. The predicted molar refractivity (Wildman–Crippen MR) is 115 cm³/mol. The number of hydrogen-bond donors (Lipinski definition) is 1. The number of nitrogens with zero attached hydrogens (tertiary/aromatic N) is 3. The van der Waals surface area contributed by atoms with E-state index in [0.29, 0.717) is 17.2 Å². The molecule has 0 amide bonds. The van der Waals surface area contributed by atoms with Gasteiger partial charge in [-0.1, -0.05) is 31.2 Å². The van der Waals surface area contributed by atoms with Crippen LogP contribution in [0.25, 0.3) is 11.4 Å². The maximum atomic E-state index is 13.7. The highest BCUT2D eigenvalue weighted by Gasteiger charge is 2.44. The van der Waals surface area contributed by atoms with Crippen LogP contribution in [0.1, 0.15) is 34.4 Å². The fraction of sp³-hybridized carbons (Fsp3) is 0.364. The number of benzene rings is 1. The molecule has 0 bridgehead atoms. The van der Waals surface area contributed by atoms with Crippen molar-refractivity contribution < 1.29 is 13.2 Å². The first-order valence-corrected chi connectivity index (χ1v) is 10.9. The molecule has 0 aliphatic carbocycles. The molecular formula is C22H23F3N4S. The second-order valence-electron chi connectivity index (χ2n) is 7.45. The number of hydrogen-bond acceptors (Lipinski definition) is 4. The topological polar surface area (TPSA) is 42.7 Å². The summed E-state index contributed by atoms with van der Waals surface area (Å²) in [5.74, 6) is 0.311. The summed E-state index contributed by atoms with van der Waals surface area (Å²) in [6, 6.07) is 10.1. The van der Waals surface area contributed by atoms with Crippen molar-refractivity contribution in [3.8, 4) is 11.4 Å². The standard InChI is InChI=1S/C22H23F3N4S/c1-4-14-8-9-15(13(2)11-14)20-18-19(16-7-5-6-10-26-16)28-29(3)21(18)27-17(12-30-20)22(23,24)25/h5-11,17,20,27H,4,12H2,1-3H3. The average Bonchev–Trinajstić information content (AvgIpc) is 2.91. The zero-order valence-electron chi connectivity index (χ0n) is 17.0. The molecular weight excluding hydrogens is 409 g/mol. The SMILES string of the molecule is CCc1ccc(C2SCC(C(F)(F)F)Nc3c2c(-c2ccccn2)nn3C)c(C)c1. The van der Waals surface area contributed by atoms with Gasteiger partial charge in [0.25, 0.3) is 0 Å². The fourth-order valence-electron chi connectivity index (χ4n) is 3.81. The molecule has 1 aromatic carbocycles. The van der Waals surface area contributed by atoms with Gasteiger partial charge in [0.05, 0.1) is 10.9 Å². The van der Waals surface area contributed by atoms with E-state index in [2.05, 4.69) is 34.5 Å². The lowest BCUT2D eigenvalue weighted by atomic mass is 9.96. The number of rotatable bonds is 3. The van der Waals surface area contributed by atoms with E-state index in [-0.39, 0.29) is 11.0 Å². The maximum absolute atomic E-state index is 13.7. The Labute approximate surface area is 177 Å². The summed E-state index contributed by atoms with van der Waals surface area (Å²) in [4.78, 5) is 4.41. The Hall–Kier alpha value is -2.48. The summed E-state index contributed by atoms with van der Waals surface area (Å²) in [6.07, 6.45) is -1.77. The van der Waals surface area contributed by atoms with Crippen LogP contribution in [0.4, 0.5) is 19.0 Å². The first kappa shape index (κ1) is 20.8. The van der Waals surface area contributed by atoms with Crippen LogP contribution in [0.5, 0.6) is 0 Å². The minimum Gasteiger partial charge on any atom is -0.358 e. The monoisotopic (exact) mass is 432 g/mol. The van der Waals surface area contributed by atoms with Gasteiger partial charge in [0.15, 0.2) is 0 Å². The van der Waals surface area contributed by atoms with E-state index in [4.69, 9.17) is 0 Å². The van der Waals surface area contributed by atoms with Crippen molar-refractivity contribution >= 4 is 17.6 Å². The number of anilines is 1. The quantitative estimate of drug-likeness (QED) is 0.591. The minimum atomic E-state index is -4.35. The van der Waals surface area contributed by atoms with E-state index < -0.39 is 12.2 Å². The number of thioether (sulfide) groups is 1. The highest BCUT2D eigenvalue weighted by atomic mass is 32.2. The summed E-state index contributed by atoms with van der Waals surface area (Å²) < 4.78 is 42.5. The third-order valence-corrected chi connectivity index (χ3v) is 6.76. The number of fused-ring (bicyclic) bond motifs is 1. The molecule has 158 valence electrons. The van der Waals surface area contributed by atoms with E-state index in [0.717, 1.165) is 23.1 Å². The second-order valence-corrected chi connectivity index (χ2v) is 8.58. The van der Waals surface area contributed by atoms with E-state index in [9.17, 15) is 13.2 Å². The van der Waals surface area contributed by atoms with Gasteiger partial charge < -0.3 is 5.32 Å². The van der Waals surface area contributed by atoms with E-state index in [1.165, 1.54) is 22.0 Å². The van der Waals surface area contributed by atoms with Crippen LogP contribution in [0.2, 0.25) is 0 Å². The molecule has 1 aliphatic heterocycles. The van der Waals surface area contributed by atoms with Crippen LogP contribution in [0, 0.1) is 6.92 Å². The first-order valence-electron chi connectivity index (χ1n) is 9.82. The summed E-state index contributed by atoms with van der Waals surface area (Å²) in [5, 5.41) is 7.02. The minimum absolute atomic E-state index is 0.0839. The van der Waals surface area contributed by atoms with Gasteiger partial charge in [-0.05, 0) is 42.2 Å².